The first-order valence-corrected chi connectivity index (χ1v) is 10.9. The number of hydrogen-bond acceptors (Lipinski definition) is 7. The van der Waals surface area contributed by atoms with E-state index in [1.807, 2.05) is 36.4 Å². The standard InChI is InChI=1S/C24H28N2O7/c1-3-31-23(27)22-19-10-9-18(32-16-30-12-11-29-2)13-20(19)21-14-25(22)24(28)26(21)33-15-17-7-5-4-6-8-17/h4-10,13,21-22H,3,11-12,14-16H2,1-2H3/t21-,22?/m1/s1. The largest absolute Gasteiger partial charge is 0.468 e. The molecule has 2 heterocycles. The first-order chi connectivity index (χ1) is 16.1. The number of ether oxygens (including phenoxy) is 4. The van der Waals surface area contributed by atoms with Gasteiger partial charge in [0.15, 0.2) is 12.8 Å². The van der Waals surface area contributed by atoms with E-state index in [1.165, 1.54) is 9.96 Å². The first kappa shape index (κ1) is 23.0. The van der Waals surface area contributed by atoms with Crippen molar-refractivity contribution in [1.29, 1.82) is 0 Å². The Hall–Kier alpha value is -3.14. The molecule has 4 rings (SSSR count). The van der Waals surface area contributed by atoms with E-state index >= 15 is 0 Å². The number of methoxy groups -OCH3 is 1. The van der Waals surface area contributed by atoms with Gasteiger partial charge in [-0.25, -0.2) is 9.59 Å². The third-order valence-corrected chi connectivity index (χ3v) is 5.57. The monoisotopic (exact) mass is 456 g/mol. The van der Waals surface area contributed by atoms with Crippen LogP contribution in [-0.4, -0.2) is 62.2 Å². The van der Waals surface area contributed by atoms with E-state index < -0.39 is 12.0 Å². The van der Waals surface area contributed by atoms with Crippen molar-refractivity contribution in [3.63, 3.8) is 0 Å². The van der Waals surface area contributed by atoms with Gasteiger partial charge >= 0.3 is 12.0 Å². The number of carbonyl (C=O) groups excluding carboxylic acids is 2. The fourth-order valence-corrected chi connectivity index (χ4v) is 4.04. The van der Waals surface area contributed by atoms with Crippen molar-refractivity contribution >= 4 is 12.0 Å². The van der Waals surface area contributed by atoms with Crippen LogP contribution in [0.1, 0.15) is 35.7 Å². The van der Waals surface area contributed by atoms with Gasteiger partial charge in [0.1, 0.15) is 18.4 Å². The van der Waals surface area contributed by atoms with E-state index in [0.29, 0.717) is 31.1 Å². The molecule has 0 radical (unpaired) electrons. The van der Waals surface area contributed by atoms with Crippen LogP contribution in [0.5, 0.6) is 5.75 Å². The number of hydrogen-bond donors (Lipinski definition) is 0. The third-order valence-electron chi connectivity index (χ3n) is 5.57. The summed E-state index contributed by atoms with van der Waals surface area (Å²) in [5.74, 6) is 0.108. The maximum atomic E-state index is 13.2. The number of hydroxylamine groups is 2. The van der Waals surface area contributed by atoms with E-state index in [4.69, 9.17) is 23.8 Å². The Bertz CT molecular complexity index is 969. The topological polar surface area (TPSA) is 86.8 Å². The molecule has 2 aromatic rings. The molecule has 0 N–H and O–H groups in total. The normalized spacial score (nSPS) is 18.9. The Morgan fingerprint density at radius 2 is 1.91 bits per heavy atom. The molecule has 2 aliphatic heterocycles. The van der Waals surface area contributed by atoms with Crippen LogP contribution in [0.2, 0.25) is 0 Å². The summed E-state index contributed by atoms with van der Waals surface area (Å²) in [6.07, 6.45) is 0. The molecule has 0 spiro atoms. The van der Waals surface area contributed by atoms with Crippen molar-refractivity contribution in [2.24, 2.45) is 0 Å². The zero-order chi connectivity index (χ0) is 23.2. The zero-order valence-electron chi connectivity index (χ0n) is 18.8. The Morgan fingerprint density at radius 3 is 2.67 bits per heavy atom. The number of urea groups is 1. The molecule has 9 nitrogen and oxygen atoms in total. The molecule has 2 aliphatic rings. The van der Waals surface area contributed by atoms with E-state index in [-0.39, 0.29) is 32.1 Å². The second kappa shape index (κ2) is 10.7. The molecule has 0 aliphatic carbocycles. The Kier molecular flexibility index (Phi) is 7.43. The summed E-state index contributed by atoms with van der Waals surface area (Å²) in [5, 5.41) is 1.35. The smallest absolute Gasteiger partial charge is 0.345 e. The summed E-state index contributed by atoms with van der Waals surface area (Å²) < 4.78 is 21.3. The van der Waals surface area contributed by atoms with Crippen molar-refractivity contribution in [3.8, 4) is 5.75 Å². The zero-order valence-corrected chi connectivity index (χ0v) is 18.8. The quantitative estimate of drug-likeness (QED) is 0.292. The van der Waals surface area contributed by atoms with Crippen LogP contribution in [0.25, 0.3) is 0 Å². The molecular formula is C24H28N2O7. The molecule has 1 fully saturated rings. The molecule has 2 atom stereocenters. The average molecular weight is 456 g/mol. The minimum Gasteiger partial charge on any atom is -0.468 e. The van der Waals surface area contributed by atoms with E-state index in [9.17, 15) is 9.59 Å². The highest BCUT2D eigenvalue weighted by Crippen LogP contribution is 2.45. The van der Waals surface area contributed by atoms with Gasteiger partial charge in [-0.3, -0.25) is 4.84 Å². The van der Waals surface area contributed by atoms with Gasteiger partial charge in [0, 0.05) is 7.11 Å². The van der Waals surface area contributed by atoms with E-state index in [0.717, 1.165) is 11.1 Å². The van der Waals surface area contributed by atoms with Crippen molar-refractivity contribution in [2.75, 3.05) is 40.3 Å². The highest BCUT2D eigenvalue weighted by atomic mass is 16.7. The number of amides is 2. The van der Waals surface area contributed by atoms with E-state index in [1.54, 1.807) is 26.2 Å². The van der Waals surface area contributed by atoms with Gasteiger partial charge in [-0.2, -0.15) is 5.06 Å². The summed E-state index contributed by atoms with van der Waals surface area (Å²) in [6.45, 7) is 3.48. The van der Waals surface area contributed by atoms with Crippen LogP contribution in [0.4, 0.5) is 4.79 Å². The molecule has 33 heavy (non-hydrogen) atoms. The van der Waals surface area contributed by atoms with Crippen LogP contribution >= 0.6 is 0 Å². The maximum Gasteiger partial charge on any atom is 0.345 e. The molecule has 176 valence electrons. The lowest BCUT2D eigenvalue weighted by Crippen LogP contribution is -2.39. The fourth-order valence-electron chi connectivity index (χ4n) is 4.04. The molecule has 1 saturated heterocycles. The molecule has 2 aromatic carbocycles. The highest BCUT2D eigenvalue weighted by Gasteiger charge is 2.51. The van der Waals surface area contributed by atoms with Crippen LogP contribution < -0.4 is 4.74 Å². The maximum absolute atomic E-state index is 13.2. The van der Waals surface area contributed by atoms with Gasteiger partial charge in [-0.05, 0) is 35.7 Å². The molecule has 2 amide bonds. The molecule has 0 aromatic heterocycles. The predicted molar refractivity (Wildman–Crippen MR) is 117 cm³/mol. The number of carbonyl (C=O) groups is 2. The number of fused-ring (bicyclic) bond motifs is 4. The summed E-state index contributed by atoms with van der Waals surface area (Å²) in [5.41, 5.74) is 2.43. The van der Waals surface area contributed by atoms with E-state index in [2.05, 4.69) is 0 Å². The summed E-state index contributed by atoms with van der Waals surface area (Å²) in [4.78, 5) is 33.4. The number of benzene rings is 2. The minimum absolute atomic E-state index is 0.0629. The van der Waals surface area contributed by atoms with Gasteiger partial charge < -0.3 is 23.8 Å². The third kappa shape index (κ3) is 4.95. The minimum atomic E-state index is -0.832. The molecule has 0 saturated carbocycles. The van der Waals surface area contributed by atoms with Crippen molar-refractivity contribution in [1.82, 2.24) is 9.96 Å². The number of esters is 1. The SMILES string of the molecule is CCOC(=O)C1c2ccc(OCOCCOC)cc2[C@H]2CN1C(=O)N2OCc1ccccc1. The second-order valence-electron chi connectivity index (χ2n) is 7.64. The lowest BCUT2D eigenvalue weighted by Gasteiger charge is -2.31. The Labute approximate surface area is 192 Å². The molecular weight excluding hydrogens is 428 g/mol. The van der Waals surface area contributed by atoms with Crippen molar-refractivity contribution in [3.05, 3.63) is 65.2 Å². The Morgan fingerprint density at radius 1 is 1.09 bits per heavy atom. The summed E-state index contributed by atoms with van der Waals surface area (Å²) in [7, 11) is 1.60. The van der Waals surface area contributed by atoms with Crippen molar-refractivity contribution in [2.45, 2.75) is 25.6 Å². The van der Waals surface area contributed by atoms with Crippen LogP contribution in [0, 0.1) is 0 Å². The number of nitrogens with zero attached hydrogens (tertiary/aromatic N) is 2. The van der Waals surface area contributed by atoms with Crippen LogP contribution in [-0.2, 0) is 30.4 Å². The van der Waals surface area contributed by atoms with Gasteiger partial charge in [0.25, 0.3) is 0 Å². The van der Waals surface area contributed by atoms with Gasteiger partial charge in [0.05, 0.1) is 26.4 Å². The average Bonchev–Trinajstić information content (AvgIpc) is 3.11. The van der Waals surface area contributed by atoms with Gasteiger partial charge in [-0.15, -0.1) is 0 Å². The molecule has 1 unspecified atom stereocenters. The molecule has 2 bridgehead atoms. The lowest BCUT2D eigenvalue weighted by atomic mass is 9.91. The fraction of sp³-hybridized carbons (Fsp3) is 0.417. The summed E-state index contributed by atoms with van der Waals surface area (Å²) in [6, 6.07) is 13.4. The van der Waals surface area contributed by atoms with Gasteiger partial charge in [-0.1, -0.05) is 36.4 Å². The molecule has 9 heteroatoms. The highest BCUT2D eigenvalue weighted by molar-refractivity contribution is 5.88. The second-order valence-corrected chi connectivity index (χ2v) is 7.64. The lowest BCUT2D eigenvalue weighted by molar-refractivity contribution is -0.149. The first-order valence-electron chi connectivity index (χ1n) is 10.9. The summed E-state index contributed by atoms with van der Waals surface area (Å²) >= 11 is 0. The van der Waals surface area contributed by atoms with Gasteiger partial charge in [0.2, 0.25) is 0 Å². The van der Waals surface area contributed by atoms with Crippen LogP contribution in [0.15, 0.2) is 48.5 Å². The van der Waals surface area contributed by atoms with Crippen LogP contribution in [0.3, 0.4) is 0 Å². The number of rotatable bonds is 11. The Balaban J connectivity index is 1.57. The van der Waals surface area contributed by atoms with Crippen molar-refractivity contribution < 1.29 is 33.4 Å². The predicted octanol–water partition coefficient (Wildman–Crippen LogP) is 3.21.